The number of benzene rings is 1. The molecule has 5 heteroatoms. The molecule has 0 atom stereocenters. The molecule has 16 heavy (non-hydrogen) atoms. The zero-order valence-corrected chi connectivity index (χ0v) is 9.10. The Labute approximate surface area is 92.3 Å². The zero-order chi connectivity index (χ0) is 11.7. The number of aryl methyl sites for hydroxylation is 1. The van der Waals surface area contributed by atoms with Gasteiger partial charge in [-0.25, -0.2) is 4.98 Å². The average Bonchev–Trinajstić information content (AvgIpc) is 2.65. The van der Waals surface area contributed by atoms with Crippen LogP contribution in [0.1, 0.15) is 5.89 Å². The molecular weight excluding hydrogens is 208 g/mol. The van der Waals surface area contributed by atoms with Crippen molar-refractivity contribution in [2.75, 3.05) is 18.6 Å². The van der Waals surface area contributed by atoms with Crippen LogP contribution in [0.4, 0.5) is 5.69 Å². The third-order valence-corrected chi connectivity index (χ3v) is 2.38. The lowest BCUT2D eigenvalue weighted by molar-refractivity contribution is -0.120. The Hall–Kier alpha value is -1.88. The minimum Gasteiger partial charge on any atom is -0.441 e. The summed E-state index contributed by atoms with van der Waals surface area (Å²) < 4.78 is 5.36. The quantitative estimate of drug-likeness (QED) is 0.822. The number of likely N-dealkylation sites (N-methyl/N-ethyl adjacent to an activating group) is 1. The Morgan fingerprint density at radius 1 is 1.56 bits per heavy atom. The molecule has 0 radical (unpaired) electrons. The van der Waals surface area contributed by atoms with E-state index in [1.165, 1.54) is 4.90 Å². The Morgan fingerprint density at radius 3 is 3.00 bits per heavy atom. The summed E-state index contributed by atoms with van der Waals surface area (Å²) in [4.78, 5) is 16.8. The van der Waals surface area contributed by atoms with Crippen LogP contribution in [-0.4, -0.2) is 29.7 Å². The van der Waals surface area contributed by atoms with Gasteiger partial charge in [-0.3, -0.25) is 4.79 Å². The van der Waals surface area contributed by atoms with Crippen LogP contribution in [-0.2, 0) is 4.79 Å². The molecule has 0 saturated heterocycles. The van der Waals surface area contributed by atoms with Crippen LogP contribution < -0.4 is 4.90 Å². The fraction of sp³-hybridized carbons (Fsp3) is 0.273. The van der Waals surface area contributed by atoms with Gasteiger partial charge in [0.1, 0.15) is 12.1 Å². The van der Waals surface area contributed by atoms with E-state index in [2.05, 4.69) is 4.98 Å². The number of carbonyl (C=O) groups excluding carboxylic acids is 1. The number of oxazole rings is 1. The van der Waals surface area contributed by atoms with E-state index in [1.807, 2.05) is 0 Å². The van der Waals surface area contributed by atoms with E-state index in [0.29, 0.717) is 17.2 Å². The molecule has 2 aromatic rings. The van der Waals surface area contributed by atoms with Crippen molar-refractivity contribution in [1.82, 2.24) is 4.98 Å². The standard InChI is InChI=1S/C11H12N2O3/c1-7-12-9-4-3-8(5-10(9)16-7)13(2)11(15)6-14/h3-5,14H,6H2,1-2H3. The normalized spacial score (nSPS) is 10.7. The number of aliphatic hydroxyl groups excluding tert-OH is 1. The van der Waals surface area contributed by atoms with Crippen molar-refractivity contribution in [3.8, 4) is 0 Å². The lowest BCUT2D eigenvalue weighted by Gasteiger charge is -2.15. The third kappa shape index (κ3) is 1.77. The maximum absolute atomic E-state index is 11.3. The van der Waals surface area contributed by atoms with Crippen LogP contribution in [0.5, 0.6) is 0 Å². The first-order valence-electron chi connectivity index (χ1n) is 4.86. The Balaban J connectivity index is 2.42. The molecule has 5 nitrogen and oxygen atoms in total. The number of fused-ring (bicyclic) bond motifs is 1. The van der Waals surface area contributed by atoms with Gasteiger partial charge in [0.2, 0.25) is 0 Å². The molecule has 0 aliphatic rings. The van der Waals surface area contributed by atoms with Crippen LogP contribution in [0, 0.1) is 6.92 Å². The summed E-state index contributed by atoms with van der Waals surface area (Å²) in [6.07, 6.45) is 0. The highest BCUT2D eigenvalue weighted by molar-refractivity contribution is 5.95. The fourth-order valence-electron chi connectivity index (χ4n) is 1.49. The predicted molar refractivity (Wildman–Crippen MR) is 59.2 cm³/mol. The molecule has 1 aromatic carbocycles. The first-order valence-corrected chi connectivity index (χ1v) is 4.86. The molecule has 0 aliphatic carbocycles. The molecule has 2 rings (SSSR count). The fourth-order valence-corrected chi connectivity index (χ4v) is 1.49. The molecule has 1 aromatic heterocycles. The number of anilines is 1. The molecule has 0 aliphatic heterocycles. The summed E-state index contributed by atoms with van der Waals surface area (Å²) in [5.41, 5.74) is 2.06. The second-order valence-electron chi connectivity index (χ2n) is 3.50. The summed E-state index contributed by atoms with van der Waals surface area (Å²) in [5, 5.41) is 8.76. The van der Waals surface area contributed by atoms with Crippen LogP contribution >= 0.6 is 0 Å². The molecule has 0 bridgehead atoms. The van der Waals surface area contributed by atoms with Crippen LogP contribution in [0.3, 0.4) is 0 Å². The van der Waals surface area contributed by atoms with Crippen molar-refractivity contribution in [2.24, 2.45) is 0 Å². The van der Waals surface area contributed by atoms with Crippen LogP contribution in [0.2, 0.25) is 0 Å². The van der Waals surface area contributed by atoms with Gasteiger partial charge < -0.3 is 14.4 Å². The third-order valence-electron chi connectivity index (χ3n) is 2.38. The largest absolute Gasteiger partial charge is 0.441 e. The molecule has 1 heterocycles. The SMILES string of the molecule is Cc1nc2ccc(N(C)C(=O)CO)cc2o1. The topological polar surface area (TPSA) is 66.6 Å². The van der Waals surface area contributed by atoms with E-state index < -0.39 is 6.61 Å². The molecule has 0 spiro atoms. The maximum Gasteiger partial charge on any atom is 0.252 e. The van der Waals surface area contributed by atoms with E-state index in [0.717, 1.165) is 5.52 Å². The molecule has 1 amide bonds. The van der Waals surface area contributed by atoms with Gasteiger partial charge in [-0.15, -0.1) is 0 Å². The molecule has 0 saturated carbocycles. The van der Waals surface area contributed by atoms with Crippen molar-refractivity contribution < 1.29 is 14.3 Å². The molecular formula is C11H12N2O3. The lowest BCUT2D eigenvalue weighted by Crippen LogP contribution is -2.28. The number of amides is 1. The van der Waals surface area contributed by atoms with Gasteiger partial charge >= 0.3 is 0 Å². The van der Waals surface area contributed by atoms with Gasteiger partial charge in [-0.2, -0.15) is 0 Å². The van der Waals surface area contributed by atoms with E-state index >= 15 is 0 Å². The smallest absolute Gasteiger partial charge is 0.252 e. The van der Waals surface area contributed by atoms with Gasteiger partial charge in [-0.05, 0) is 12.1 Å². The van der Waals surface area contributed by atoms with Crippen molar-refractivity contribution >= 4 is 22.7 Å². The first-order chi connectivity index (χ1) is 7.61. The minimum absolute atomic E-state index is 0.365. The Bertz CT molecular complexity index is 533. The van der Waals surface area contributed by atoms with E-state index in [-0.39, 0.29) is 5.91 Å². The Morgan fingerprint density at radius 2 is 2.31 bits per heavy atom. The van der Waals surface area contributed by atoms with Crippen LogP contribution in [0.25, 0.3) is 11.1 Å². The second kappa shape index (κ2) is 3.94. The number of aromatic nitrogens is 1. The summed E-state index contributed by atoms with van der Waals surface area (Å²) in [5.74, 6) is 0.221. The Kier molecular flexibility index (Phi) is 2.62. The van der Waals surface area contributed by atoms with Crippen LogP contribution in [0.15, 0.2) is 22.6 Å². The van der Waals surface area contributed by atoms with E-state index in [4.69, 9.17) is 9.52 Å². The number of aliphatic hydroxyl groups is 1. The van der Waals surface area contributed by atoms with E-state index in [9.17, 15) is 4.79 Å². The summed E-state index contributed by atoms with van der Waals surface area (Å²) in [6.45, 7) is 1.26. The average molecular weight is 220 g/mol. The zero-order valence-electron chi connectivity index (χ0n) is 9.10. The van der Waals surface area contributed by atoms with Crippen molar-refractivity contribution in [3.05, 3.63) is 24.1 Å². The predicted octanol–water partition coefficient (Wildman–Crippen LogP) is 1.09. The summed E-state index contributed by atoms with van der Waals surface area (Å²) >= 11 is 0. The summed E-state index contributed by atoms with van der Waals surface area (Å²) in [6, 6.07) is 5.27. The first kappa shape index (κ1) is 10.6. The van der Waals surface area contributed by atoms with Crippen molar-refractivity contribution in [1.29, 1.82) is 0 Å². The maximum atomic E-state index is 11.3. The van der Waals surface area contributed by atoms with Gasteiger partial charge in [-0.1, -0.05) is 0 Å². The highest BCUT2D eigenvalue weighted by Gasteiger charge is 2.11. The number of nitrogens with zero attached hydrogens (tertiary/aromatic N) is 2. The minimum atomic E-state index is -0.510. The summed E-state index contributed by atoms with van der Waals surface area (Å²) in [7, 11) is 1.60. The number of hydrogen-bond acceptors (Lipinski definition) is 4. The van der Waals surface area contributed by atoms with Gasteiger partial charge in [0, 0.05) is 25.7 Å². The number of hydrogen-bond donors (Lipinski definition) is 1. The van der Waals surface area contributed by atoms with Gasteiger partial charge in [0.25, 0.3) is 5.91 Å². The molecule has 1 N–H and O–H groups in total. The monoisotopic (exact) mass is 220 g/mol. The van der Waals surface area contributed by atoms with Gasteiger partial charge in [0.05, 0.1) is 0 Å². The van der Waals surface area contributed by atoms with Crippen molar-refractivity contribution in [2.45, 2.75) is 6.92 Å². The van der Waals surface area contributed by atoms with Gasteiger partial charge in [0.15, 0.2) is 11.5 Å². The second-order valence-corrected chi connectivity index (χ2v) is 3.50. The molecule has 0 unspecified atom stereocenters. The van der Waals surface area contributed by atoms with E-state index in [1.54, 1.807) is 32.2 Å². The highest BCUT2D eigenvalue weighted by atomic mass is 16.3. The lowest BCUT2D eigenvalue weighted by atomic mass is 10.2. The molecule has 0 fully saturated rings. The number of rotatable bonds is 2. The van der Waals surface area contributed by atoms with Crippen molar-refractivity contribution in [3.63, 3.8) is 0 Å². The highest BCUT2D eigenvalue weighted by Crippen LogP contribution is 2.21. The number of carbonyl (C=O) groups is 1. The molecule has 84 valence electrons.